The third-order valence-electron chi connectivity index (χ3n) is 4.34. The van der Waals surface area contributed by atoms with Crippen molar-refractivity contribution in [2.24, 2.45) is 10.2 Å². The number of nitrogens with zero attached hydrogens (tertiary/aromatic N) is 6. The van der Waals surface area contributed by atoms with Crippen LogP contribution in [0, 0.1) is 0 Å². The molecule has 2 aromatic heterocycles. The molecule has 0 spiro atoms. The van der Waals surface area contributed by atoms with Gasteiger partial charge in [-0.3, -0.25) is 19.5 Å². The molecule has 0 N–H and O–H groups in total. The van der Waals surface area contributed by atoms with E-state index in [0.717, 1.165) is 0 Å². The van der Waals surface area contributed by atoms with Crippen molar-refractivity contribution in [1.82, 2.24) is 9.97 Å². The number of anilines is 2. The van der Waals surface area contributed by atoms with Crippen LogP contribution in [0.2, 0.25) is 0 Å². The third kappa shape index (κ3) is 2.22. The fraction of sp³-hybridized carbons (Fsp3) is 0.222. The van der Waals surface area contributed by atoms with Gasteiger partial charge in [-0.2, -0.15) is 0 Å². The van der Waals surface area contributed by atoms with Gasteiger partial charge in [0.25, 0.3) is 11.8 Å². The van der Waals surface area contributed by atoms with Crippen LogP contribution in [0.15, 0.2) is 46.9 Å². The molecule has 4 heterocycles. The number of hydrogen-bond donors (Lipinski definition) is 0. The monoisotopic (exact) mass is 348 g/mol. The zero-order valence-electron chi connectivity index (χ0n) is 14.5. The van der Waals surface area contributed by atoms with Crippen LogP contribution in [0.1, 0.15) is 25.1 Å². The molecule has 4 rings (SSSR count). The predicted molar refractivity (Wildman–Crippen MR) is 97.6 cm³/mol. The molecule has 2 aliphatic rings. The summed E-state index contributed by atoms with van der Waals surface area (Å²) < 4.78 is 0. The number of amides is 2. The number of carbonyl (C=O) groups is 2. The molecular formula is C18H16N6O2. The lowest BCUT2D eigenvalue weighted by molar-refractivity contribution is -0.113. The molecule has 0 aromatic carbocycles. The average Bonchev–Trinajstić information content (AvgIpc) is 3.05. The van der Waals surface area contributed by atoms with Crippen molar-refractivity contribution in [1.29, 1.82) is 0 Å². The van der Waals surface area contributed by atoms with Crippen LogP contribution in [0.5, 0.6) is 0 Å². The Morgan fingerprint density at radius 1 is 0.962 bits per heavy atom. The highest BCUT2D eigenvalue weighted by atomic mass is 16.2. The molecule has 0 fully saturated rings. The fourth-order valence-electron chi connectivity index (χ4n) is 3.08. The fourth-order valence-corrected chi connectivity index (χ4v) is 3.08. The molecule has 130 valence electrons. The Morgan fingerprint density at radius 2 is 1.65 bits per heavy atom. The van der Waals surface area contributed by atoms with Gasteiger partial charge in [-0.05, 0) is 38.1 Å². The Balaban J connectivity index is 1.82. The second-order valence-corrected chi connectivity index (χ2v) is 6.28. The smallest absolute Gasteiger partial charge is 0.280 e. The Hall–Kier alpha value is -3.42. The lowest BCUT2D eigenvalue weighted by Crippen LogP contribution is -2.36. The number of rotatable bonds is 2. The van der Waals surface area contributed by atoms with E-state index in [4.69, 9.17) is 0 Å². The molecular weight excluding hydrogens is 332 g/mol. The third-order valence-corrected chi connectivity index (χ3v) is 4.34. The molecule has 0 bridgehead atoms. The van der Waals surface area contributed by atoms with Crippen LogP contribution in [0.4, 0.5) is 11.5 Å². The van der Waals surface area contributed by atoms with Crippen molar-refractivity contribution >= 4 is 34.7 Å². The maximum Gasteiger partial charge on any atom is 0.280 e. The minimum absolute atomic E-state index is 0.0712. The van der Waals surface area contributed by atoms with Gasteiger partial charge in [-0.1, -0.05) is 0 Å². The Kier molecular flexibility index (Phi) is 3.61. The van der Waals surface area contributed by atoms with E-state index in [-0.39, 0.29) is 29.3 Å². The van der Waals surface area contributed by atoms with E-state index < -0.39 is 0 Å². The first-order chi connectivity index (χ1) is 12.5. The van der Waals surface area contributed by atoms with Crippen LogP contribution in [0.3, 0.4) is 0 Å². The molecule has 2 aromatic rings. The highest BCUT2D eigenvalue weighted by Gasteiger charge is 2.37. The lowest BCUT2D eigenvalue weighted by atomic mass is 10.2. The average molecular weight is 348 g/mol. The first-order valence-corrected chi connectivity index (χ1v) is 8.18. The van der Waals surface area contributed by atoms with E-state index in [9.17, 15) is 9.59 Å². The number of pyridine rings is 2. The van der Waals surface area contributed by atoms with Gasteiger partial charge in [-0.25, -0.2) is 4.98 Å². The Labute approximate surface area is 149 Å². The molecule has 8 nitrogen and oxygen atoms in total. The van der Waals surface area contributed by atoms with Crippen molar-refractivity contribution in [2.75, 3.05) is 16.8 Å². The van der Waals surface area contributed by atoms with Crippen molar-refractivity contribution in [3.8, 4) is 0 Å². The van der Waals surface area contributed by atoms with Crippen LogP contribution in [-0.2, 0) is 9.59 Å². The minimum Gasteiger partial charge on any atom is -0.308 e. The molecule has 2 aliphatic heterocycles. The highest BCUT2D eigenvalue weighted by molar-refractivity contribution is 6.55. The van der Waals surface area contributed by atoms with E-state index in [1.54, 1.807) is 48.6 Å². The molecule has 2 amide bonds. The molecule has 0 radical (unpaired) electrons. The molecule has 8 heteroatoms. The molecule has 0 atom stereocenters. The zero-order valence-corrected chi connectivity index (χ0v) is 14.5. The van der Waals surface area contributed by atoms with Gasteiger partial charge >= 0.3 is 0 Å². The topological polar surface area (TPSA) is 91.1 Å². The van der Waals surface area contributed by atoms with Gasteiger partial charge < -0.3 is 4.90 Å². The Bertz CT molecular complexity index is 995. The van der Waals surface area contributed by atoms with Crippen molar-refractivity contribution in [3.63, 3.8) is 0 Å². The first-order valence-electron chi connectivity index (χ1n) is 8.18. The second kappa shape index (κ2) is 5.83. The lowest BCUT2D eigenvalue weighted by Gasteiger charge is -2.19. The minimum atomic E-state index is -0.305. The van der Waals surface area contributed by atoms with E-state index in [1.807, 2.05) is 13.8 Å². The second-order valence-electron chi connectivity index (χ2n) is 6.28. The summed E-state index contributed by atoms with van der Waals surface area (Å²) >= 11 is 0. The summed E-state index contributed by atoms with van der Waals surface area (Å²) in [5, 5.41) is 8.23. The number of likely N-dealkylation sites (N-methyl/N-ethyl adjacent to an activating group) is 1. The maximum absolute atomic E-state index is 12.8. The Morgan fingerprint density at radius 3 is 2.42 bits per heavy atom. The quantitative estimate of drug-likeness (QED) is 0.767. The molecule has 0 unspecified atom stereocenters. The highest BCUT2D eigenvalue weighted by Crippen LogP contribution is 2.29. The summed E-state index contributed by atoms with van der Waals surface area (Å²) in [5.41, 5.74) is 2.03. The molecule has 0 aliphatic carbocycles. The van der Waals surface area contributed by atoms with Gasteiger partial charge in [0.2, 0.25) is 0 Å². The van der Waals surface area contributed by atoms with E-state index >= 15 is 0 Å². The zero-order chi connectivity index (χ0) is 18.4. The summed E-state index contributed by atoms with van der Waals surface area (Å²) in [6, 6.07) is 6.98. The van der Waals surface area contributed by atoms with E-state index in [1.165, 1.54) is 4.90 Å². The van der Waals surface area contributed by atoms with Crippen molar-refractivity contribution < 1.29 is 9.59 Å². The molecule has 26 heavy (non-hydrogen) atoms. The summed E-state index contributed by atoms with van der Waals surface area (Å²) in [6.45, 7) is 3.81. The largest absolute Gasteiger partial charge is 0.308 e. The van der Waals surface area contributed by atoms with Gasteiger partial charge in [0.05, 0.1) is 11.3 Å². The standard InChI is InChI=1S/C18H16N6O2/c1-10(2)24-16-11(6-4-9-20-16)13(18(24)26)21-22-15-14-12(7-5-8-19-14)23(3)17(15)25/h4-10H,1-3H3/b21-13-,22-15-. The van der Waals surface area contributed by atoms with E-state index in [0.29, 0.717) is 22.8 Å². The summed E-state index contributed by atoms with van der Waals surface area (Å²) in [4.78, 5) is 36.8. The van der Waals surface area contributed by atoms with Gasteiger partial charge in [-0.15, -0.1) is 10.2 Å². The molecule has 0 saturated carbocycles. The van der Waals surface area contributed by atoms with Crippen molar-refractivity contribution in [3.05, 3.63) is 47.9 Å². The SMILES string of the molecule is CC(C)N1C(=O)/C(=N\N=C2/C(=O)N(C)c3cccnc32)c2cccnc21. The number of fused-ring (bicyclic) bond motifs is 2. The summed E-state index contributed by atoms with van der Waals surface area (Å²) in [7, 11) is 1.65. The van der Waals surface area contributed by atoms with Gasteiger partial charge in [0.15, 0.2) is 11.4 Å². The van der Waals surface area contributed by atoms with Crippen LogP contribution in [0.25, 0.3) is 0 Å². The summed E-state index contributed by atoms with van der Waals surface area (Å²) in [6.07, 6.45) is 3.22. The predicted octanol–water partition coefficient (Wildman–Crippen LogP) is 1.40. The number of hydrogen-bond acceptors (Lipinski definition) is 6. The van der Waals surface area contributed by atoms with Crippen molar-refractivity contribution in [2.45, 2.75) is 19.9 Å². The van der Waals surface area contributed by atoms with E-state index in [2.05, 4.69) is 20.2 Å². The van der Waals surface area contributed by atoms with Crippen LogP contribution < -0.4 is 9.80 Å². The number of aromatic nitrogens is 2. The first kappa shape index (κ1) is 16.1. The van der Waals surface area contributed by atoms with Gasteiger partial charge in [0.1, 0.15) is 11.5 Å². The van der Waals surface area contributed by atoms with Crippen LogP contribution >= 0.6 is 0 Å². The normalized spacial score (nSPS) is 19.1. The molecule has 0 saturated heterocycles. The maximum atomic E-state index is 12.8. The van der Waals surface area contributed by atoms with Gasteiger partial charge in [0, 0.05) is 25.5 Å². The summed E-state index contributed by atoms with van der Waals surface area (Å²) in [5.74, 6) is -0.0291. The van der Waals surface area contributed by atoms with Crippen LogP contribution in [-0.4, -0.2) is 46.3 Å². The number of carbonyl (C=O) groups excluding carboxylic acids is 2.